The molecule has 0 spiro atoms. The third-order valence-electron chi connectivity index (χ3n) is 5.67. The second-order valence-corrected chi connectivity index (χ2v) is 9.43. The molecule has 1 aromatic carbocycles. The molecule has 1 aliphatic heterocycles. The molecule has 3 heterocycles. The number of nitrogens with one attached hydrogen (secondary N) is 1. The van der Waals surface area contributed by atoms with Crippen LogP contribution in [-0.4, -0.2) is 36.3 Å². The Morgan fingerprint density at radius 1 is 0.967 bits per heavy atom. The van der Waals surface area contributed by atoms with E-state index in [1.807, 2.05) is 31.3 Å². The van der Waals surface area contributed by atoms with Crippen molar-refractivity contribution in [2.24, 2.45) is 7.05 Å². The van der Waals surface area contributed by atoms with E-state index < -0.39 is 10.0 Å². The van der Waals surface area contributed by atoms with Crippen molar-refractivity contribution in [1.29, 1.82) is 0 Å². The first-order valence-corrected chi connectivity index (χ1v) is 11.7. The lowest BCUT2D eigenvalue weighted by atomic mass is 10.1. The van der Waals surface area contributed by atoms with Gasteiger partial charge >= 0.3 is 0 Å². The van der Waals surface area contributed by atoms with Crippen LogP contribution in [0.1, 0.15) is 30.7 Å². The van der Waals surface area contributed by atoms with Gasteiger partial charge in [-0.1, -0.05) is 12.1 Å². The molecule has 4 rings (SSSR count). The molecule has 1 fully saturated rings. The highest BCUT2D eigenvalue weighted by Crippen LogP contribution is 2.27. The number of sulfonamides is 1. The van der Waals surface area contributed by atoms with Crippen molar-refractivity contribution >= 4 is 21.5 Å². The molecule has 0 saturated carbocycles. The maximum absolute atomic E-state index is 12.9. The third kappa shape index (κ3) is 4.05. The maximum atomic E-state index is 12.9. The molecule has 8 heteroatoms. The summed E-state index contributed by atoms with van der Waals surface area (Å²) < 4.78 is 30.1. The van der Waals surface area contributed by atoms with Crippen LogP contribution in [0.5, 0.6) is 0 Å². The van der Waals surface area contributed by atoms with Gasteiger partial charge in [0.25, 0.3) is 10.0 Å². The number of piperidine rings is 1. The largest absolute Gasteiger partial charge is 0.357 e. The van der Waals surface area contributed by atoms with Gasteiger partial charge in [0.15, 0.2) is 0 Å². The molecular weight excluding hydrogens is 398 g/mol. The molecule has 0 bridgehead atoms. The van der Waals surface area contributed by atoms with Crippen molar-refractivity contribution in [3.8, 4) is 11.1 Å². The van der Waals surface area contributed by atoms with E-state index in [1.54, 1.807) is 30.8 Å². The van der Waals surface area contributed by atoms with E-state index in [4.69, 9.17) is 0 Å². The summed E-state index contributed by atoms with van der Waals surface area (Å²) >= 11 is 0. The molecule has 0 atom stereocenters. The zero-order chi connectivity index (χ0) is 21.3. The molecule has 2 aromatic heterocycles. The quantitative estimate of drug-likeness (QED) is 0.671. The summed E-state index contributed by atoms with van der Waals surface area (Å²) in [5.74, 6) is 0.980. The number of rotatable bonds is 5. The van der Waals surface area contributed by atoms with Gasteiger partial charge in [0.05, 0.1) is 22.0 Å². The molecule has 1 aliphatic rings. The van der Waals surface area contributed by atoms with Crippen molar-refractivity contribution in [3.63, 3.8) is 0 Å². The summed E-state index contributed by atoms with van der Waals surface area (Å²) in [6, 6.07) is 11.0. The van der Waals surface area contributed by atoms with Crippen molar-refractivity contribution in [2.45, 2.75) is 38.0 Å². The van der Waals surface area contributed by atoms with Crippen molar-refractivity contribution in [1.82, 2.24) is 14.8 Å². The van der Waals surface area contributed by atoms with Gasteiger partial charge in [0.1, 0.15) is 5.82 Å². The Bertz CT molecular complexity index is 1150. The van der Waals surface area contributed by atoms with Crippen LogP contribution in [0, 0.1) is 13.8 Å². The summed E-state index contributed by atoms with van der Waals surface area (Å²) in [4.78, 5) is 7.06. The Hall–Kier alpha value is -2.87. The van der Waals surface area contributed by atoms with E-state index in [2.05, 4.69) is 25.8 Å². The highest BCUT2D eigenvalue weighted by Gasteiger charge is 2.19. The SMILES string of the molecule is Cc1nn(C)c(C)c1NS(=O)(=O)c1ccc(-c2ccnc(N3CCCCC3)c2)cc1. The van der Waals surface area contributed by atoms with Gasteiger partial charge in [-0.2, -0.15) is 5.10 Å². The minimum Gasteiger partial charge on any atom is -0.357 e. The van der Waals surface area contributed by atoms with Gasteiger partial charge in [-0.3, -0.25) is 9.40 Å². The summed E-state index contributed by atoms with van der Waals surface area (Å²) in [5, 5.41) is 4.27. The Kier molecular flexibility index (Phi) is 5.51. The molecular formula is C22H27N5O2S. The van der Waals surface area contributed by atoms with Crippen LogP contribution in [-0.2, 0) is 17.1 Å². The molecule has 0 radical (unpaired) electrons. The van der Waals surface area contributed by atoms with Crippen LogP contribution in [0.15, 0.2) is 47.5 Å². The topological polar surface area (TPSA) is 80.1 Å². The van der Waals surface area contributed by atoms with Crippen molar-refractivity contribution in [3.05, 3.63) is 54.0 Å². The first-order valence-electron chi connectivity index (χ1n) is 10.2. The predicted octanol–water partition coefficient (Wildman–Crippen LogP) is 3.89. The van der Waals surface area contributed by atoms with E-state index >= 15 is 0 Å². The summed E-state index contributed by atoms with van der Waals surface area (Å²) in [5.41, 5.74) is 3.94. The molecule has 3 aromatic rings. The van der Waals surface area contributed by atoms with Crippen LogP contribution < -0.4 is 9.62 Å². The molecule has 158 valence electrons. The minimum atomic E-state index is -3.69. The normalized spacial score (nSPS) is 14.7. The van der Waals surface area contributed by atoms with E-state index in [1.165, 1.54) is 19.3 Å². The number of benzene rings is 1. The highest BCUT2D eigenvalue weighted by molar-refractivity contribution is 7.92. The second kappa shape index (κ2) is 8.10. The number of aryl methyl sites for hydroxylation is 2. The Morgan fingerprint density at radius 3 is 2.30 bits per heavy atom. The maximum Gasteiger partial charge on any atom is 0.262 e. The number of hydrogen-bond donors (Lipinski definition) is 1. The first kappa shape index (κ1) is 20.4. The highest BCUT2D eigenvalue weighted by atomic mass is 32.2. The fourth-order valence-electron chi connectivity index (χ4n) is 3.84. The zero-order valence-corrected chi connectivity index (χ0v) is 18.4. The molecule has 0 aliphatic carbocycles. The number of hydrogen-bond acceptors (Lipinski definition) is 5. The van der Waals surface area contributed by atoms with Gasteiger partial charge in [-0.05, 0) is 68.5 Å². The monoisotopic (exact) mass is 425 g/mol. The van der Waals surface area contributed by atoms with Crippen LogP contribution in [0.4, 0.5) is 11.5 Å². The van der Waals surface area contributed by atoms with E-state index in [-0.39, 0.29) is 4.90 Å². The Labute approximate surface area is 177 Å². The zero-order valence-electron chi connectivity index (χ0n) is 17.6. The van der Waals surface area contributed by atoms with Crippen molar-refractivity contribution < 1.29 is 8.42 Å². The average Bonchev–Trinajstić information content (AvgIpc) is 3.00. The average molecular weight is 426 g/mol. The number of nitrogens with zero attached hydrogens (tertiary/aromatic N) is 4. The molecule has 1 N–H and O–H groups in total. The van der Waals surface area contributed by atoms with Crippen LogP contribution in [0.3, 0.4) is 0 Å². The second-order valence-electron chi connectivity index (χ2n) is 7.75. The number of aromatic nitrogens is 3. The van der Waals surface area contributed by atoms with E-state index in [0.717, 1.165) is 35.7 Å². The van der Waals surface area contributed by atoms with E-state index in [0.29, 0.717) is 11.4 Å². The van der Waals surface area contributed by atoms with Gasteiger partial charge in [0, 0.05) is 26.3 Å². The molecule has 0 unspecified atom stereocenters. The fraction of sp³-hybridized carbons (Fsp3) is 0.364. The Morgan fingerprint density at radius 2 is 1.67 bits per heavy atom. The summed E-state index contributed by atoms with van der Waals surface area (Å²) in [7, 11) is -1.90. The standard InChI is InChI=1S/C22H27N5O2S/c1-16-22(17(2)26(3)24-16)25-30(28,29)20-9-7-18(8-10-20)19-11-12-23-21(15-19)27-13-5-4-6-14-27/h7-12,15,25H,4-6,13-14H2,1-3H3. The smallest absolute Gasteiger partial charge is 0.262 e. The third-order valence-corrected chi connectivity index (χ3v) is 7.03. The summed E-state index contributed by atoms with van der Waals surface area (Å²) in [6.07, 6.45) is 5.49. The molecule has 7 nitrogen and oxygen atoms in total. The lowest BCUT2D eigenvalue weighted by molar-refractivity contribution is 0.573. The summed E-state index contributed by atoms with van der Waals surface area (Å²) in [6.45, 7) is 5.70. The first-order chi connectivity index (χ1) is 14.3. The lowest BCUT2D eigenvalue weighted by Crippen LogP contribution is -2.30. The van der Waals surface area contributed by atoms with E-state index in [9.17, 15) is 8.42 Å². The van der Waals surface area contributed by atoms with Gasteiger partial charge in [0.2, 0.25) is 0 Å². The van der Waals surface area contributed by atoms with Gasteiger partial charge in [-0.25, -0.2) is 13.4 Å². The van der Waals surface area contributed by atoms with Gasteiger partial charge < -0.3 is 4.90 Å². The predicted molar refractivity (Wildman–Crippen MR) is 119 cm³/mol. The fourth-order valence-corrected chi connectivity index (χ4v) is 5.01. The van der Waals surface area contributed by atoms with Gasteiger partial charge in [-0.15, -0.1) is 0 Å². The molecule has 30 heavy (non-hydrogen) atoms. The van der Waals surface area contributed by atoms with Crippen LogP contribution in [0.25, 0.3) is 11.1 Å². The van der Waals surface area contributed by atoms with Crippen LogP contribution in [0.2, 0.25) is 0 Å². The molecule has 0 amide bonds. The minimum absolute atomic E-state index is 0.221. The Balaban J connectivity index is 1.57. The molecule has 1 saturated heterocycles. The lowest BCUT2D eigenvalue weighted by Gasteiger charge is -2.27. The van der Waals surface area contributed by atoms with Crippen molar-refractivity contribution in [2.75, 3.05) is 22.7 Å². The van der Waals surface area contributed by atoms with Crippen LogP contribution >= 0.6 is 0 Å². The number of anilines is 2. The number of pyridine rings is 1.